The van der Waals surface area contributed by atoms with E-state index in [4.69, 9.17) is 0 Å². The highest BCUT2D eigenvalue weighted by Gasteiger charge is 2.51. The Hall–Kier alpha value is -2.35. The molecular formula is C16H17F3N4O. The molecule has 0 spiro atoms. The number of likely N-dealkylation sites (tertiary alicyclic amines) is 1. The van der Waals surface area contributed by atoms with Crippen molar-refractivity contribution >= 4 is 11.7 Å². The van der Waals surface area contributed by atoms with Crippen molar-refractivity contribution in [3.8, 4) is 5.69 Å². The first kappa shape index (κ1) is 16.5. The number of amides is 1. The molecule has 0 bridgehead atoms. The summed E-state index contributed by atoms with van der Waals surface area (Å²) in [5, 5.41) is 6.71. The van der Waals surface area contributed by atoms with Gasteiger partial charge in [-0.25, -0.2) is 4.68 Å². The van der Waals surface area contributed by atoms with Crippen molar-refractivity contribution < 1.29 is 18.0 Å². The molecule has 0 radical (unpaired) electrons. The molecule has 2 heterocycles. The molecule has 2 aromatic rings. The molecule has 1 N–H and O–H groups in total. The van der Waals surface area contributed by atoms with Gasteiger partial charge in [0.05, 0.1) is 23.7 Å². The maximum Gasteiger partial charge on any atom is 0.393 e. The smallest absolute Gasteiger partial charge is 0.310 e. The highest BCUT2D eigenvalue weighted by molar-refractivity contribution is 5.92. The van der Waals surface area contributed by atoms with Crippen molar-refractivity contribution in [3.63, 3.8) is 0 Å². The average Bonchev–Trinajstić information content (AvgIpc) is 3.14. The van der Waals surface area contributed by atoms with E-state index in [0.29, 0.717) is 11.5 Å². The third-order valence-corrected chi connectivity index (χ3v) is 4.15. The summed E-state index contributed by atoms with van der Waals surface area (Å²) in [6.07, 6.45) is -2.91. The summed E-state index contributed by atoms with van der Waals surface area (Å²) >= 11 is 0. The molecule has 1 aliphatic rings. The molecule has 1 aromatic heterocycles. The van der Waals surface area contributed by atoms with Gasteiger partial charge in [0.15, 0.2) is 0 Å². The average molecular weight is 338 g/mol. The predicted molar refractivity (Wildman–Crippen MR) is 82.7 cm³/mol. The standard InChI is InChI=1S/C16H17F3N4O/c1-22-9-12(13(10-22)16(17,18)19)15(24)21-14-7-8-20-23(14)11-5-3-2-4-6-11/h2-8,12-13H,9-10H2,1H3,(H,21,24)/t12-,13-/m1/s1. The number of rotatable bonds is 3. The minimum absolute atomic E-state index is 0.0789. The highest BCUT2D eigenvalue weighted by Crippen LogP contribution is 2.37. The molecule has 0 aliphatic carbocycles. The number of carbonyl (C=O) groups is 1. The van der Waals surface area contributed by atoms with Crippen LogP contribution in [0.25, 0.3) is 5.69 Å². The summed E-state index contributed by atoms with van der Waals surface area (Å²) in [7, 11) is 1.58. The van der Waals surface area contributed by atoms with Gasteiger partial charge in [-0.3, -0.25) is 4.79 Å². The lowest BCUT2D eigenvalue weighted by molar-refractivity contribution is -0.182. The first-order valence-corrected chi connectivity index (χ1v) is 7.52. The summed E-state index contributed by atoms with van der Waals surface area (Å²) < 4.78 is 40.9. The van der Waals surface area contributed by atoms with Gasteiger partial charge in [-0.05, 0) is 19.2 Å². The first-order chi connectivity index (χ1) is 11.4. The summed E-state index contributed by atoms with van der Waals surface area (Å²) in [6, 6.07) is 10.6. The first-order valence-electron chi connectivity index (χ1n) is 7.52. The van der Waals surface area contributed by atoms with Crippen LogP contribution in [0.2, 0.25) is 0 Å². The molecule has 1 aliphatic heterocycles. The number of anilines is 1. The summed E-state index contributed by atoms with van der Waals surface area (Å²) in [5.74, 6) is -3.08. The lowest BCUT2D eigenvalue weighted by atomic mass is 9.94. The number of nitrogens with zero attached hydrogens (tertiary/aromatic N) is 3. The van der Waals surface area contributed by atoms with Crippen molar-refractivity contribution in [1.29, 1.82) is 0 Å². The zero-order valence-corrected chi connectivity index (χ0v) is 13.0. The van der Waals surface area contributed by atoms with Crippen LogP contribution in [0.1, 0.15) is 0 Å². The van der Waals surface area contributed by atoms with E-state index in [1.165, 1.54) is 15.8 Å². The van der Waals surface area contributed by atoms with Gasteiger partial charge < -0.3 is 10.2 Å². The molecule has 5 nitrogen and oxygen atoms in total. The second-order valence-electron chi connectivity index (χ2n) is 5.93. The fraction of sp³-hybridized carbons (Fsp3) is 0.375. The van der Waals surface area contributed by atoms with Gasteiger partial charge in [0, 0.05) is 19.2 Å². The fourth-order valence-electron chi connectivity index (χ4n) is 2.99. The molecule has 3 rings (SSSR count). The number of hydrogen-bond donors (Lipinski definition) is 1. The molecular weight excluding hydrogens is 321 g/mol. The number of nitrogens with one attached hydrogen (secondary N) is 1. The molecule has 2 atom stereocenters. The summed E-state index contributed by atoms with van der Waals surface area (Å²) in [4.78, 5) is 13.9. The summed E-state index contributed by atoms with van der Waals surface area (Å²) in [5.41, 5.74) is 0.716. The SMILES string of the molecule is CN1C[C@@H](C(F)(F)F)[C@H](C(=O)Nc2ccnn2-c2ccccc2)C1. The monoisotopic (exact) mass is 338 g/mol. The lowest BCUT2D eigenvalue weighted by Gasteiger charge is -2.20. The predicted octanol–water partition coefficient (Wildman–Crippen LogP) is 2.55. The zero-order chi connectivity index (χ0) is 17.3. The highest BCUT2D eigenvalue weighted by atomic mass is 19.4. The molecule has 1 aromatic carbocycles. The van der Waals surface area contributed by atoms with E-state index in [1.54, 1.807) is 25.2 Å². The quantitative estimate of drug-likeness (QED) is 0.936. The molecule has 1 amide bonds. The molecule has 1 saturated heterocycles. The molecule has 1 fully saturated rings. The van der Waals surface area contributed by atoms with Gasteiger partial charge in [-0.15, -0.1) is 0 Å². The van der Waals surface area contributed by atoms with Crippen LogP contribution in [0.3, 0.4) is 0 Å². The van der Waals surface area contributed by atoms with Crippen molar-refractivity contribution in [2.45, 2.75) is 6.18 Å². The Morgan fingerprint density at radius 2 is 1.92 bits per heavy atom. The molecule has 8 heteroatoms. The molecule has 128 valence electrons. The number of benzene rings is 1. The van der Waals surface area contributed by atoms with Crippen LogP contribution in [-0.2, 0) is 4.79 Å². The van der Waals surface area contributed by atoms with Gasteiger partial charge in [-0.1, -0.05) is 18.2 Å². The van der Waals surface area contributed by atoms with Crippen LogP contribution in [0.15, 0.2) is 42.6 Å². The molecule has 0 unspecified atom stereocenters. The van der Waals surface area contributed by atoms with E-state index in [-0.39, 0.29) is 13.1 Å². The number of hydrogen-bond acceptors (Lipinski definition) is 3. The van der Waals surface area contributed by atoms with E-state index in [0.717, 1.165) is 0 Å². The van der Waals surface area contributed by atoms with Crippen LogP contribution in [0.5, 0.6) is 0 Å². The number of halogens is 3. The Kier molecular flexibility index (Phi) is 4.31. The van der Waals surface area contributed by atoms with E-state index in [1.807, 2.05) is 18.2 Å². The number of alkyl halides is 3. The van der Waals surface area contributed by atoms with Crippen molar-refractivity contribution in [2.24, 2.45) is 11.8 Å². The Labute approximate surface area is 137 Å². The van der Waals surface area contributed by atoms with Crippen molar-refractivity contribution in [2.75, 3.05) is 25.5 Å². The number of aromatic nitrogens is 2. The third kappa shape index (κ3) is 3.28. The Morgan fingerprint density at radius 1 is 1.21 bits per heavy atom. The van der Waals surface area contributed by atoms with Crippen LogP contribution in [0, 0.1) is 11.8 Å². The van der Waals surface area contributed by atoms with E-state index < -0.39 is 23.9 Å². The van der Waals surface area contributed by atoms with Crippen LogP contribution in [-0.4, -0.2) is 46.9 Å². The van der Waals surface area contributed by atoms with Gasteiger partial charge >= 0.3 is 6.18 Å². The van der Waals surface area contributed by atoms with E-state index in [9.17, 15) is 18.0 Å². The second kappa shape index (κ2) is 6.27. The van der Waals surface area contributed by atoms with Gasteiger partial charge in [0.25, 0.3) is 0 Å². The Bertz CT molecular complexity index is 714. The molecule has 24 heavy (non-hydrogen) atoms. The summed E-state index contributed by atoms with van der Waals surface area (Å²) in [6.45, 7) is -0.0883. The maximum atomic E-state index is 13.1. The number of para-hydroxylation sites is 1. The van der Waals surface area contributed by atoms with Crippen LogP contribution < -0.4 is 5.32 Å². The van der Waals surface area contributed by atoms with E-state index in [2.05, 4.69) is 10.4 Å². The zero-order valence-electron chi connectivity index (χ0n) is 13.0. The fourth-order valence-corrected chi connectivity index (χ4v) is 2.99. The Morgan fingerprint density at radius 3 is 2.58 bits per heavy atom. The molecule has 0 saturated carbocycles. The van der Waals surface area contributed by atoms with Crippen molar-refractivity contribution in [3.05, 3.63) is 42.6 Å². The van der Waals surface area contributed by atoms with E-state index >= 15 is 0 Å². The lowest BCUT2D eigenvalue weighted by Crippen LogP contribution is -2.37. The normalized spacial score (nSPS) is 21.8. The van der Waals surface area contributed by atoms with Crippen LogP contribution in [0.4, 0.5) is 19.0 Å². The maximum absolute atomic E-state index is 13.1. The van der Waals surface area contributed by atoms with Gasteiger partial charge in [-0.2, -0.15) is 18.3 Å². The Balaban J connectivity index is 1.80. The third-order valence-electron chi connectivity index (χ3n) is 4.15. The topological polar surface area (TPSA) is 50.2 Å². The van der Waals surface area contributed by atoms with Gasteiger partial charge in [0.2, 0.25) is 5.91 Å². The number of carbonyl (C=O) groups excluding carboxylic acids is 1. The second-order valence-corrected chi connectivity index (χ2v) is 5.93. The minimum Gasteiger partial charge on any atom is -0.310 e. The van der Waals surface area contributed by atoms with Crippen LogP contribution >= 0.6 is 0 Å². The largest absolute Gasteiger partial charge is 0.393 e. The van der Waals surface area contributed by atoms with Gasteiger partial charge in [0.1, 0.15) is 5.82 Å². The van der Waals surface area contributed by atoms with Crippen molar-refractivity contribution in [1.82, 2.24) is 14.7 Å². The minimum atomic E-state index is -4.40.